The molecule has 0 aliphatic heterocycles. The van der Waals surface area contributed by atoms with E-state index in [1.807, 2.05) is 52.0 Å². The van der Waals surface area contributed by atoms with Crippen molar-refractivity contribution in [1.82, 2.24) is 16.0 Å². The van der Waals surface area contributed by atoms with Gasteiger partial charge in [-0.2, -0.15) is 0 Å². The van der Waals surface area contributed by atoms with E-state index in [0.29, 0.717) is 19.3 Å². The molecule has 13 nitrogen and oxygen atoms in total. The first-order chi connectivity index (χ1) is 23.1. The summed E-state index contributed by atoms with van der Waals surface area (Å²) in [5.41, 5.74) is 4.40. The lowest BCUT2D eigenvalue weighted by Gasteiger charge is -2.27. The van der Waals surface area contributed by atoms with Crippen molar-refractivity contribution in [2.24, 2.45) is 5.73 Å². The van der Waals surface area contributed by atoms with E-state index in [4.69, 9.17) is 24.7 Å². The maximum absolute atomic E-state index is 13.2. The highest BCUT2D eigenvalue weighted by Crippen LogP contribution is 2.19. The minimum atomic E-state index is -1.19. The van der Waals surface area contributed by atoms with Crippen molar-refractivity contribution in [2.75, 3.05) is 0 Å². The highest BCUT2D eigenvalue weighted by Gasteiger charge is 2.31. The Balaban J connectivity index is 2.87. The Morgan fingerprint density at radius 3 is 1.57 bits per heavy atom. The molecule has 5 N–H and O–H groups in total. The van der Waals surface area contributed by atoms with Gasteiger partial charge in [0, 0.05) is 12.5 Å². The zero-order chi connectivity index (χ0) is 39.4. The van der Waals surface area contributed by atoms with Gasteiger partial charge in [-0.1, -0.05) is 12.1 Å². The first-order valence-electron chi connectivity index (χ1n) is 17.7. The van der Waals surface area contributed by atoms with Gasteiger partial charge < -0.3 is 40.6 Å². The van der Waals surface area contributed by atoms with Crippen LogP contribution in [0, 0.1) is 0 Å². The lowest BCUT2D eigenvalue weighted by atomic mass is 10.0. The van der Waals surface area contributed by atoms with Crippen LogP contribution in [0.1, 0.15) is 128 Å². The van der Waals surface area contributed by atoms with Crippen molar-refractivity contribution in [3.8, 4) is 5.75 Å². The van der Waals surface area contributed by atoms with Crippen LogP contribution in [0.5, 0.6) is 5.75 Å². The van der Waals surface area contributed by atoms with Crippen molar-refractivity contribution in [3.05, 3.63) is 29.8 Å². The van der Waals surface area contributed by atoms with Gasteiger partial charge in [0.05, 0.1) is 6.04 Å². The van der Waals surface area contributed by atoms with E-state index in [1.54, 1.807) is 62.3 Å². The van der Waals surface area contributed by atoms with E-state index in [1.165, 1.54) is 0 Å². The van der Waals surface area contributed by atoms with Crippen molar-refractivity contribution in [2.45, 2.75) is 175 Å². The Bertz CT molecular complexity index is 1300. The number of amides is 3. The topological polar surface area (TPSA) is 184 Å². The van der Waals surface area contributed by atoms with Crippen LogP contribution in [0.3, 0.4) is 0 Å². The number of nitrogens with two attached hydrogens (primary N) is 1. The van der Waals surface area contributed by atoms with Crippen LogP contribution in [-0.4, -0.2) is 76.4 Å². The number of rotatable bonds is 16. The summed E-state index contributed by atoms with van der Waals surface area (Å²) in [5.74, 6) is -1.50. The summed E-state index contributed by atoms with van der Waals surface area (Å²) in [6.07, 6.45) is 1.22. The van der Waals surface area contributed by atoms with E-state index in [2.05, 4.69) is 16.0 Å². The average Bonchev–Trinajstić information content (AvgIpc) is 2.92. The van der Waals surface area contributed by atoms with Gasteiger partial charge in [0.25, 0.3) is 0 Å². The third-order valence-electron chi connectivity index (χ3n) is 6.71. The van der Waals surface area contributed by atoms with Crippen molar-refractivity contribution >= 4 is 29.8 Å². The molecule has 0 aliphatic carbocycles. The summed E-state index contributed by atoms with van der Waals surface area (Å²) in [6.45, 7) is 23.1. The molecule has 0 heterocycles. The van der Waals surface area contributed by atoms with Gasteiger partial charge in [-0.25, -0.2) is 14.4 Å². The normalized spacial score (nSPS) is 14.6. The molecule has 0 radical (unpaired) electrons. The summed E-state index contributed by atoms with van der Waals surface area (Å²) >= 11 is 0. The lowest BCUT2D eigenvalue weighted by Crippen LogP contribution is -2.53. The SMILES string of the molecule is CC(CCC[C@H](NC(=O)N[C@@H](CCC(=O)OC(C)(C)C)C(=O)OC(C)(C)C)C(=O)OC(C)(C)C)NC(=O)[C@@H](N)Cc1ccc(OC(C)(C)C)cc1. The summed E-state index contributed by atoms with van der Waals surface area (Å²) in [5, 5.41) is 8.11. The second kappa shape index (κ2) is 19.1. The second-order valence-corrected chi connectivity index (χ2v) is 16.9. The summed E-state index contributed by atoms with van der Waals surface area (Å²) in [7, 11) is 0. The highest BCUT2D eigenvalue weighted by molar-refractivity contribution is 5.87. The molecular weight excluding hydrogens is 656 g/mol. The monoisotopic (exact) mass is 720 g/mol. The fraction of sp³-hybridized carbons (Fsp3) is 0.711. The van der Waals surface area contributed by atoms with Gasteiger partial charge >= 0.3 is 23.9 Å². The highest BCUT2D eigenvalue weighted by atomic mass is 16.6. The first-order valence-corrected chi connectivity index (χ1v) is 17.7. The van der Waals surface area contributed by atoms with Crippen molar-refractivity contribution < 1.29 is 42.9 Å². The number of carbonyl (C=O) groups is 5. The number of esters is 3. The molecule has 1 rings (SSSR count). The molecule has 0 spiro atoms. The molecule has 0 aliphatic rings. The van der Waals surface area contributed by atoms with Gasteiger partial charge in [0.1, 0.15) is 40.2 Å². The zero-order valence-corrected chi connectivity index (χ0v) is 33.1. The van der Waals surface area contributed by atoms with Gasteiger partial charge in [-0.05, 0) is 140 Å². The van der Waals surface area contributed by atoms with E-state index in [-0.39, 0.29) is 36.8 Å². The molecule has 4 atom stereocenters. The predicted octanol–water partition coefficient (Wildman–Crippen LogP) is 5.25. The van der Waals surface area contributed by atoms with Crippen LogP contribution < -0.4 is 26.4 Å². The minimum Gasteiger partial charge on any atom is -0.488 e. The minimum absolute atomic E-state index is 0.0787. The molecule has 1 aromatic rings. The molecule has 13 heteroatoms. The molecule has 0 fully saturated rings. The standard InChI is InChI=1S/C38H64N4O9/c1-24(40-31(44)27(39)23-25-17-19-26(20-18-25)48-35(2,3)4)15-14-16-28(32(45)50-37(8,9)10)41-34(47)42-29(33(46)51-38(11,12)13)21-22-30(43)49-36(5,6)7/h17-20,24,27-29H,14-16,21-23,39H2,1-13H3,(H,40,44)(H2,41,42,47)/t24?,27-,28-,29-/m0/s1. The molecular formula is C38H64N4O9. The lowest BCUT2D eigenvalue weighted by molar-refractivity contribution is -0.159. The molecule has 51 heavy (non-hydrogen) atoms. The third kappa shape index (κ3) is 21.2. The van der Waals surface area contributed by atoms with E-state index < -0.39 is 58.9 Å². The Labute approximate surface area is 304 Å². The van der Waals surface area contributed by atoms with Gasteiger partial charge in [-0.15, -0.1) is 0 Å². The van der Waals surface area contributed by atoms with Gasteiger partial charge in [0.15, 0.2) is 0 Å². The molecule has 0 saturated carbocycles. The Kier molecular flexibility index (Phi) is 16.9. The van der Waals surface area contributed by atoms with Crippen LogP contribution in [0.2, 0.25) is 0 Å². The number of ether oxygens (including phenoxy) is 4. The van der Waals surface area contributed by atoms with Crippen LogP contribution >= 0.6 is 0 Å². The van der Waals surface area contributed by atoms with Crippen molar-refractivity contribution in [3.63, 3.8) is 0 Å². The van der Waals surface area contributed by atoms with Crippen molar-refractivity contribution in [1.29, 1.82) is 0 Å². The number of nitrogens with one attached hydrogen (secondary N) is 3. The number of urea groups is 1. The molecule has 0 aromatic heterocycles. The van der Waals surface area contributed by atoms with Crippen LogP contribution in [0.25, 0.3) is 0 Å². The number of carbonyl (C=O) groups excluding carboxylic acids is 5. The fourth-order valence-electron chi connectivity index (χ4n) is 4.70. The van der Waals surface area contributed by atoms with Crippen LogP contribution in [0.4, 0.5) is 4.79 Å². The maximum atomic E-state index is 13.2. The predicted molar refractivity (Wildman–Crippen MR) is 196 cm³/mol. The molecule has 0 bridgehead atoms. The summed E-state index contributed by atoms with van der Waals surface area (Å²) in [6, 6.07) is 3.36. The molecule has 1 unspecified atom stereocenters. The summed E-state index contributed by atoms with van der Waals surface area (Å²) < 4.78 is 22.2. The molecule has 1 aromatic carbocycles. The largest absolute Gasteiger partial charge is 0.488 e. The smallest absolute Gasteiger partial charge is 0.329 e. The molecule has 0 saturated heterocycles. The van der Waals surface area contributed by atoms with Gasteiger partial charge in [-0.3, -0.25) is 9.59 Å². The number of benzene rings is 1. The third-order valence-corrected chi connectivity index (χ3v) is 6.71. The zero-order valence-electron chi connectivity index (χ0n) is 33.1. The molecule has 290 valence electrons. The summed E-state index contributed by atoms with van der Waals surface area (Å²) in [4.78, 5) is 64.5. The maximum Gasteiger partial charge on any atom is 0.329 e. The van der Waals surface area contributed by atoms with E-state index >= 15 is 0 Å². The Hall–Kier alpha value is -3.87. The fourth-order valence-corrected chi connectivity index (χ4v) is 4.70. The first kappa shape index (κ1) is 45.2. The van der Waals surface area contributed by atoms with E-state index in [0.717, 1.165) is 11.3 Å². The number of hydrogen-bond acceptors (Lipinski definition) is 10. The molecule has 3 amide bonds. The van der Waals surface area contributed by atoms with Crippen LogP contribution in [0.15, 0.2) is 24.3 Å². The quantitative estimate of drug-likeness (QED) is 0.130. The Morgan fingerprint density at radius 1 is 0.647 bits per heavy atom. The average molecular weight is 721 g/mol. The number of hydrogen-bond donors (Lipinski definition) is 4. The van der Waals surface area contributed by atoms with E-state index in [9.17, 15) is 24.0 Å². The second-order valence-electron chi connectivity index (χ2n) is 16.9. The van der Waals surface area contributed by atoms with Gasteiger partial charge in [0.2, 0.25) is 5.91 Å². The van der Waals surface area contributed by atoms with Crippen LogP contribution in [-0.2, 0) is 39.8 Å². The Morgan fingerprint density at radius 2 is 1.12 bits per heavy atom.